The maximum absolute atomic E-state index is 14.8. The Morgan fingerprint density at radius 3 is 2.52 bits per heavy atom. The minimum absolute atomic E-state index is 0.0674. The molecular formula is C56H70F2N8O7. The van der Waals surface area contributed by atoms with Crippen molar-refractivity contribution in [3.63, 3.8) is 0 Å². The predicted molar refractivity (Wildman–Crippen MR) is 273 cm³/mol. The Morgan fingerprint density at radius 2 is 1.81 bits per heavy atom. The van der Waals surface area contributed by atoms with Crippen LogP contribution in [-0.4, -0.2) is 143 Å². The average molecular weight is 1010 g/mol. The Balaban J connectivity index is 1.10. The summed E-state index contributed by atoms with van der Waals surface area (Å²) in [5.74, 6) is -1.00. The lowest BCUT2D eigenvalue weighted by Gasteiger charge is -2.37. The van der Waals surface area contributed by atoms with Crippen LogP contribution in [0.1, 0.15) is 90.2 Å². The summed E-state index contributed by atoms with van der Waals surface area (Å²) in [6.45, 7) is 12.9. The molecule has 4 aromatic rings. The molecule has 73 heavy (non-hydrogen) atoms. The van der Waals surface area contributed by atoms with Gasteiger partial charge in [0.15, 0.2) is 0 Å². The summed E-state index contributed by atoms with van der Waals surface area (Å²) in [7, 11) is 4.78. The number of fused-ring (bicyclic) bond motifs is 6. The molecule has 17 heteroatoms. The van der Waals surface area contributed by atoms with E-state index < -0.39 is 78.1 Å². The van der Waals surface area contributed by atoms with Gasteiger partial charge in [0.25, 0.3) is 17.7 Å². The number of nitrogens with one attached hydrogen (secondary N) is 2. The molecule has 2 aromatic heterocycles. The number of benzene rings is 2. The van der Waals surface area contributed by atoms with Crippen molar-refractivity contribution in [2.45, 2.75) is 123 Å². The largest absolute Gasteiger partial charge is 0.464 e. The molecule has 0 spiro atoms. The van der Waals surface area contributed by atoms with Crippen molar-refractivity contribution in [3.8, 4) is 34.2 Å². The Morgan fingerprint density at radius 1 is 1.04 bits per heavy atom. The molecular weight excluding hydrogens is 935 g/mol. The van der Waals surface area contributed by atoms with Gasteiger partial charge >= 0.3 is 5.97 Å². The summed E-state index contributed by atoms with van der Waals surface area (Å²) in [6.07, 6.45) is 3.02. The highest BCUT2D eigenvalue weighted by atomic mass is 19.3. The second-order valence-corrected chi connectivity index (χ2v) is 21.5. The Hall–Kier alpha value is -6.22. The number of hydrogen-bond donors (Lipinski definition) is 2. The summed E-state index contributed by atoms with van der Waals surface area (Å²) in [4.78, 5) is 79.8. The fraction of sp³-hybridized carbons (Fsp3) is 0.536. The second-order valence-electron chi connectivity index (χ2n) is 21.5. The summed E-state index contributed by atoms with van der Waals surface area (Å²) in [6, 6.07) is 14.7. The van der Waals surface area contributed by atoms with Crippen molar-refractivity contribution in [3.05, 3.63) is 77.6 Å². The van der Waals surface area contributed by atoms with E-state index >= 15 is 0 Å². The van der Waals surface area contributed by atoms with E-state index in [-0.39, 0.29) is 50.6 Å². The average Bonchev–Trinajstić information content (AvgIpc) is 4.06. The van der Waals surface area contributed by atoms with E-state index in [4.69, 9.17) is 14.5 Å². The zero-order chi connectivity index (χ0) is 52.5. The van der Waals surface area contributed by atoms with Crippen LogP contribution in [0.4, 0.5) is 8.78 Å². The Kier molecular flexibility index (Phi) is 15.8. The van der Waals surface area contributed by atoms with Crippen LogP contribution in [0.3, 0.4) is 0 Å². The fourth-order valence-electron chi connectivity index (χ4n) is 11.1. The number of likely N-dealkylation sites (N-methyl/N-ethyl adjacent to an activating group) is 1. The van der Waals surface area contributed by atoms with Crippen LogP contribution in [-0.2, 0) is 52.8 Å². The molecule has 4 aliphatic rings. The van der Waals surface area contributed by atoms with Gasteiger partial charge in [-0.2, -0.15) is 0 Å². The third-order valence-corrected chi connectivity index (χ3v) is 15.0. The second kappa shape index (κ2) is 21.7. The highest BCUT2D eigenvalue weighted by molar-refractivity contribution is 5.97. The van der Waals surface area contributed by atoms with Gasteiger partial charge < -0.3 is 29.2 Å². The minimum atomic E-state index is -2.87. The van der Waals surface area contributed by atoms with Crippen LogP contribution in [0.2, 0.25) is 0 Å². The smallest absolute Gasteiger partial charge is 0.324 e. The molecule has 3 fully saturated rings. The number of nitrogens with zero attached hydrogens (tertiary/aromatic N) is 6. The number of halogens is 2. The van der Waals surface area contributed by atoms with Crippen LogP contribution in [0.25, 0.3) is 33.3 Å². The molecule has 4 amide bonds. The van der Waals surface area contributed by atoms with Crippen LogP contribution >= 0.6 is 0 Å². The zero-order valence-corrected chi connectivity index (χ0v) is 43.6. The van der Waals surface area contributed by atoms with Crippen molar-refractivity contribution >= 4 is 40.5 Å². The van der Waals surface area contributed by atoms with E-state index in [0.717, 1.165) is 50.1 Å². The van der Waals surface area contributed by atoms with E-state index in [9.17, 15) is 32.8 Å². The minimum Gasteiger partial charge on any atom is -0.464 e. The maximum atomic E-state index is 14.8. The summed E-state index contributed by atoms with van der Waals surface area (Å²) in [5, 5.41) is 5.50. The van der Waals surface area contributed by atoms with E-state index in [2.05, 4.69) is 72.2 Å². The first-order valence-corrected chi connectivity index (χ1v) is 25.6. The van der Waals surface area contributed by atoms with Crippen molar-refractivity contribution in [2.75, 3.05) is 54.0 Å². The van der Waals surface area contributed by atoms with Gasteiger partial charge in [0, 0.05) is 81.3 Å². The molecule has 2 aromatic carbocycles. The van der Waals surface area contributed by atoms with E-state index in [1.807, 2.05) is 51.1 Å². The van der Waals surface area contributed by atoms with Gasteiger partial charge in [-0.3, -0.25) is 38.9 Å². The van der Waals surface area contributed by atoms with Crippen molar-refractivity contribution < 1.29 is 42.2 Å². The molecule has 6 heterocycles. The summed E-state index contributed by atoms with van der Waals surface area (Å²) < 4.78 is 42.1. The summed E-state index contributed by atoms with van der Waals surface area (Å²) >= 11 is 0. The number of aromatic nitrogens is 2. The Bertz CT molecular complexity index is 2820. The number of methoxy groups -OCH3 is 1. The van der Waals surface area contributed by atoms with Crippen LogP contribution in [0.15, 0.2) is 60.8 Å². The molecule has 4 aliphatic heterocycles. The number of cyclic esters (lactones) is 1. The van der Waals surface area contributed by atoms with E-state index in [1.165, 1.54) is 19.7 Å². The first-order valence-electron chi connectivity index (χ1n) is 25.6. The number of hydrazine groups is 1. The fourth-order valence-corrected chi connectivity index (χ4v) is 11.1. The summed E-state index contributed by atoms with van der Waals surface area (Å²) in [5.41, 5.74) is 10.2. The van der Waals surface area contributed by atoms with Crippen molar-refractivity contribution in [2.24, 2.45) is 17.3 Å². The van der Waals surface area contributed by atoms with Crippen molar-refractivity contribution in [1.29, 1.82) is 0 Å². The van der Waals surface area contributed by atoms with Crippen LogP contribution in [0.5, 0.6) is 0 Å². The highest BCUT2D eigenvalue weighted by Crippen LogP contribution is 2.42. The molecule has 390 valence electrons. The lowest BCUT2D eigenvalue weighted by atomic mass is 9.84. The first kappa shape index (κ1) is 53.1. The van der Waals surface area contributed by atoms with E-state index in [0.29, 0.717) is 32.2 Å². The molecule has 8 rings (SSSR count). The molecule has 3 saturated heterocycles. The number of hydrogen-bond acceptors (Lipinski definition) is 10. The number of pyridine rings is 1. The Labute approximate surface area is 427 Å². The molecule has 6 bridgehead atoms. The number of ether oxygens (including phenoxy) is 2. The molecule has 0 aliphatic carbocycles. The quantitative estimate of drug-likeness (QED) is 0.142. The van der Waals surface area contributed by atoms with Gasteiger partial charge in [0.2, 0.25) is 11.8 Å². The van der Waals surface area contributed by atoms with E-state index in [1.54, 1.807) is 27.4 Å². The third-order valence-electron chi connectivity index (χ3n) is 15.0. The molecule has 0 radical (unpaired) electrons. The van der Waals surface area contributed by atoms with Gasteiger partial charge in [-0.25, -0.2) is 14.2 Å². The standard InChI is InChI=1S/C56H70F2N8O7/c1-10-65-46-20-18-38-28-42(46)43(50(65)41-16-12-23-59-48(41)35(4)72-9)30-55(5,6)33-73-54(71)44-17-13-24-66(61-44)53(70)45(27-36-14-11-15-37(38)26-36)60-51(68)49(34(2)3)63(8)52(69)39-22-25-64(31-39)47(67)21-19-40-29-56(57,58)32-62(40)7/h11-12,14-16,18,20,23,26,28,34-35,39-40,44-45,49,61H,10,13,17,22,24-25,27,29-33H2,1-9H3,(H,60,68)/t35?,39?,40-,44+,45+,49+/m1/s1. The number of alkyl halides is 2. The molecule has 2 N–H and O–H groups in total. The SMILES string of the molecule is CCn1c(-c2cccnc2C(C)OC)c2c3cc(ccc31)-c1cccc(c1)C[C@H](NC(=O)[C@H](C(C)C)N(C)C(=O)C1CCN(C(=O)C#C[C@@H]3CC(F)(F)CN3C)C1)C(=O)N1CCC[C@H](N1)C(=O)OCC(C)(C)C2. The highest BCUT2D eigenvalue weighted by Gasteiger charge is 2.44. The molecule has 0 saturated carbocycles. The van der Waals surface area contributed by atoms with Gasteiger partial charge in [0.05, 0.1) is 42.6 Å². The first-order chi connectivity index (χ1) is 34.7. The van der Waals surface area contributed by atoms with Gasteiger partial charge in [-0.05, 0) is 105 Å². The zero-order valence-electron chi connectivity index (χ0n) is 43.6. The van der Waals surface area contributed by atoms with Crippen LogP contribution < -0.4 is 10.7 Å². The number of esters is 1. The number of likely N-dealkylation sites (tertiary alicyclic amines) is 2. The third kappa shape index (κ3) is 11.5. The monoisotopic (exact) mass is 1000 g/mol. The topological polar surface area (TPSA) is 159 Å². The van der Waals surface area contributed by atoms with Crippen LogP contribution in [0, 0.1) is 29.1 Å². The van der Waals surface area contributed by atoms with Gasteiger partial charge in [0.1, 0.15) is 18.1 Å². The van der Waals surface area contributed by atoms with Gasteiger partial charge in [-0.15, -0.1) is 0 Å². The number of carbonyl (C=O) groups is 5. The number of carbonyl (C=O) groups excluding carboxylic acids is 5. The normalized spacial score (nSPS) is 23.1. The molecule has 15 nitrogen and oxygen atoms in total. The number of rotatable bonds is 9. The predicted octanol–water partition coefficient (Wildman–Crippen LogP) is 6.42. The number of amides is 4. The van der Waals surface area contributed by atoms with Crippen molar-refractivity contribution in [1.82, 2.24) is 40.0 Å². The maximum Gasteiger partial charge on any atom is 0.324 e. The number of aryl methyl sites for hydroxylation is 1. The lowest BCUT2D eigenvalue weighted by Crippen LogP contribution is -2.62. The van der Waals surface area contributed by atoms with Gasteiger partial charge in [-0.1, -0.05) is 63.9 Å². The molecule has 2 unspecified atom stereocenters. The molecule has 6 atom stereocenters. The lowest BCUT2D eigenvalue weighted by molar-refractivity contribution is -0.155.